The van der Waals surface area contributed by atoms with Gasteiger partial charge in [0.2, 0.25) is 17.7 Å². The number of carbonyl (C=O) groups excluding carboxylic acids is 8. The van der Waals surface area contributed by atoms with E-state index in [0.717, 1.165) is 16.0 Å². The molecule has 3 aliphatic heterocycles. The molecule has 1 aromatic carbocycles. The highest BCUT2D eigenvalue weighted by atomic mass is 19.1. The molecule has 9 N–H and O–H groups in total. The number of pyridine rings is 2. The predicted octanol–water partition coefficient (Wildman–Crippen LogP) is 1.07. The second-order valence-corrected chi connectivity index (χ2v) is 21.5. The van der Waals surface area contributed by atoms with Crippen molar-refractivity contribution in [2.75, 3.05) is 33.0 Å². The van der Waals surface area contributed by atoms with Crippen LogP contribution in [0.15, 0.2) is 35.1 Å². The minimum Gasteiger partial charge on any atom is -0.458 e. The lowest BCUT2D eigenvalue weighted by Gasteiger charge is -2.31. The number of fused-ring (bicyclic) bond motifs is 5. The number of ketones is 2. The Morgan fingerprint density at radius 3 is 2.26 bits per heavy atom. The first-order chi connectivity index (χ1) is 38.4. The number of ether oxygens (including phenoxy) is 2. The van der Waals surface area contributed by atoms with E-state index < -0.39 is 120 Å². The summed E-state index contributed by atoms with van der Waals surface area (Å²) in [7, 11) is 0. The number of aryl methyl sites for hydroxylation is 1. The van der Waals surface area contributed by atoms with Crippen LogP contribution < -0.4 is 21.5 Å². The first-order valence-electron chi connectivity index (χ1n) is 27.5. The van der Waals surface area contributed by atoms with Gasteiger partial charge in [0.15, 0.2) is 11.4 Å². The molecule has 0 aliphatic carbocycles. The highest BCUT2D eigenvalue weighted by Gasteiger charge is 2.45. The van der Waals surface area contributed by atoms with Crippen molar-refractivity contribution in [2.24, 2.45) is 17.8 Å². The standard InChI is InChI=1S/C57H75FN6O17/c1-6-57(79)39-23-42-50-34(26-64(42)55(77)38(39)28-81-56(57)78)22-37-36(32(5)40(58)24-41(37)61-50)13-9-11-19-80-29-60-53(75)31(4)20-43(67)49(30(2)3)62-54(76)33(14-15-46(70)59-25-44(68)51(73)52(74)45(69)27-65)21-35(66)12-8-7-10-18-63-47(71)16-17-48(63)72/h16-17,22-24,30-31,33,44-45,49,51-52,65,68-69,73-74,79H,6-15,18-21,25-29H2,1-5H3,(H,59,70)(H,60,75)(H,62,76)/t31-,33-,44+,45-,49+,51-,52-,57+/m1/s1. The van der Waals surface area contributed by atoms with Crippen LogP contribution in [0.2, 0.25) is 0 Å². The minimum atomic E-state index is -1.99. The molecule has 0 bridgehead atoms. The van der Waals surface area contributed by atoms with Crippen LogP contribution in [0.5, 0.6) is 0 Å². The summed E-state index contributed by atoms with van der Waals surface area (Å²) < 4.78 is 27.8. The molecule has 3 aromatic rings. The first-order valence-corrected chi connectivity index (χ1v) is 27.5. The van der Waals surface area contributed by atoms with Crippen LogP contribution in [0.1, 0.15) is 126 Å². The third kappa shape index (κ3) is 15.3. The zero-order valence-corrected chi connectivity index (χ0v) is 46.3. The highest BCUT2D eigenvalue weighted by molar-refractivity contribution is 6.12. The van der Waals surface area contributed by atoms with Gasteiger partial charge in [0.25, 0.3) is 17.4 Å². The largest absolute Gasteiger partial charge is 0.458 e. The minimum absolute atomic E-state index is 0.00623. The Morgan fingerprint density at radius 2 is 1.58 bits per heavy atom. The quantitative estimate of drug-likeness (QED) is 0.0143. The van der Waals surface area contributed by atoms with E-state index in [0.29, 0.717) is 66.4 Å². The summed E-state index contributed by atoms with van der Waals surface area (Å²) in [5, 5.41) is 68.6. The number of halogens is 1. The van der Waals surface area contributed by atoms with Gasteiger partial charge in [0.05, 0.1) is 47.8 Å². The van der Waals surface area contributed by atoms with Gasteiger partial charge in [-0.15, -0.1) is 0 Å². The Morgan fingerprint density at radius 1 is 0.877 bits per heavy atom. The molecule has 0 radical (unpaired) electrons. The number of amides is 5. The van der Waals surface area contributed by atoms with Gasteiger partial charge < -0.3 is 60.6 Å². The van der Waals surface area contributed by atoms with Crippen LogP contribution in [-0.4, -0.2) is 156 Å². The number of esters is 1. The van der Waals surface area contributed by atoms with Crippen LogP contribution >= 0.6 is 0 Å². The Labute approximate surface area is 467 Å². The number of aliphatic hydroxyl groups excluding tert-OH is 5. The van der Waals surface area contributed by atoms with Crippen LogP contribution in [-0.2, 0) is 73.0 Å². The fraction of sp³-hybridized carbons (Fsp3) is 0.579. The van der Waals surface area contributed by atoms with E-state index in [2.05, 4.69) is 16.0 Å². The number of hydrogen-bond donors (Lipinski definition) is 9. The van der Waals surface area contributed by atoms with Gasteiger partial charge in [-0.1, -0.05) is 34.1 Å². The fourth-order valence-electron chi connectivity index (χ4n) is 10.3. The fourth-order valence-corrected chi connectivity index (χ4v) is 10.3. The zero-order chi connectivity index (χ0) is 59.5. The molecule has 442 valence electrons. The highest BCUT2D eigenvalue weighted by Crippen LogP contribution is 2.40. The number of imide groups is 1. The van der Waals surface area contributed by atoms with E-state index in [9.17, 15) is 68.7 Å². The van der Waals surface area contributed by atoms with Gasteiger partial charge in [0, 0.05) is 91.9 Å². The van der Waals surface area contributed by atoms with Crippen LogP contribution in [0.25, 0.3) is 22.3 Å². The normalized spacial score (nSPS) is 18.1. The molecule has 81 heavy (non-hydrogen) atoms. The number of unbranched alkanes of at least 4 members (excludes halogenated alkanes) is 3. The Hall–Kier alpha value is -6.67. The maximum Gasteiger partial charge on any atom is 0.343 e. The summed E-state index contributed by atoms with van der Waals surface area (Å²) in [6, 6.07) is 3.75. The van der Waals surface area contributed by atoms with Crippen molar-refractivity contribution in [3.05, 3.63) is 74.3 Å². The number of hydrogen-bond acceptors (Lipinski definition) is 18. The van der Waals surface area contributed by atoms with Crippen molar-refractivity contribution in [1.82, 2.24) is 30.4 Å². The molecule has 0 saturated carbocycles. The summed E-state index contributed by atoms with van der Waals surface area (Å²) in [4.78, 5) is 123. The third-order valence-electron chi connectivity index (χ3n) is 15.4. The second kappa shape index (κ2) is 28.3. The molecular weight excluding hydrogens is 1060 g/mol. The lowest BCUT2D eigenvalue weighted by Crippen LogP contribution is -2.49. The van der Waals surface area contributed by atoms with Gasteiger partial charge in [0.1, 0.15) is 43.3 Å². The molecule has 6 rings (SSSR count). The number of nitrogens with one attached hydrogen (secondary N) is 3. The van der Waals surface area contributed by atoms with Crippen molar-refractivity contribution in [3.8, 4) is 11.4 Å². The molecule has 23 nitrogen and oxygen atoms in total. The topological polar surface area (TPSA) is 351 Å². The van der Waals surface area contributed by atoms with E-state index in [1.54, 1.807) is 40.7 Å². The van der Waals surface area contributed by atoms with E-state index in [1.807, 2.05) is 6.07 Å². The van der Waals surface area contributed by atoms with E-state index in [-0.39, 0.29) is 88.5 Å². The number of Topliss-reactive ketones (excluding diaryl/α,β-unsaturated/α-hetero) is 2. The average Bonchev–Trinajstić information content (AvgIpc) is 2.59. The second-order valence-electron chi connectivity index (χ2n) is 21.5. The molecule has 0 fully saturated rings. The van der Waals surface area contributed by atoms with Crippen molar-refractivity contribution < 1.29 is 82.9 Å². The van der Waals surface area contributed by atoms with E-state index in [1.165, 1.54) is 22.8 Å². The Bertz CT molecular complexity index is 2940. The molecule has 0 spiro atoms. The molecule has 24 heteroatoms. The number of aromatic nitrogens is 2. The molecular formula is C57H75FN6O17. The number of rotatable bonds is 32. The number of cyclic esters (lactones) is 1. The Balaban J connectivity index is 0.982. The number of nitrogens with zero attached hydrogens (tertiary/aromatic N) is 3. The van der Waals surface area contributed by atoms with Gasteiger partial charge in [-0.25, -0.2) is 14.2 Å². The van der Waals surface area contributed by atoms with Gasteiger partial charge in [-0.3, -0.25) is 43.3 Å². The number of benzene rings is 1. The number of aliphatic hydroxyl groups is 6. The summed E-state index contributed by atoms with van der Waals surface area (Å²) in [5.74, 6) is -7.23. The molecule has 8 atom stereocenters. The van der Waals surface area contributed by atoms with Gasteiger partial charge in [-0.2, -0.15) is 0 Å². The monoisotopic (exact) mass is 1130 g/mol. The molecule has 0 unspecified atom stereocenters. The van der Waals surface area contributed by atoms with Crippen LogP contribution in [0.4, 0.5) is 4.39 Å². The summed E-state index contributed by atoms with van der Waals surface area (Å²) >= 11 is 0. The first kappa shape index (κ1) is 63.5. The maximum absolute atomic E-state index is 15.4. The average molecular weight is 1140 g/mol. The number of carbonyl (C=O) groups is 8. The zero-order valence-electron chi connectivity index (χ0n) is 46.3. The molecule has 3 aliphatic rings. The molecule has 5 amide bonds. The lowest BCUT2D eigenvalue weighted by molar-refractivity contribution is -0.172. The maximum atomic E-state index is 15.4. The lowest BCUT2D eigenvalue weighted by atomic mass is 9.86. The Kier molecular flexibility index (Phi) is 22.2. The molecule has 0 saturated heterocycles. The predicted molar refractivity (Wildman–Crippen MR) is 287 cm³/mol. The van der Waals surface area contributed by atoms with Crippen molar-refractivity contribution in [3.63, 3.8) is 0 Å². The third-order valence-corrected chi connectivity index (χ3v) is 15.4. The van der Waals surface area contributed by atoms with Crippen molar-refractivity contribution >= 4 is 58.0 Å². The summed E-state index contributed by atoms with van der Waals surface area (Å²) in [5.41, 5.74) is 1.13. The summed E-state index contributed by atoms with van der Waals surface area (Å²) in [6.45, 7) is 6.90. The molecule has 5 heterocycles. The van der Waals surface area contributed by atoms with Crippen molar-refractivity contribution in [1.29, 1.82) is 0 Å². The van der Waals surface area contributed by atoms with E-state index in [4.69, 9.17) is 19.6 Å². The van der Waals surface area contributed by atoms with Crippen LogP contribution in [0.3, 0.4) is 0 Å². The summed E-state index contributed by atoms with van der Waals surface area (Å²) in [6.07, 6.45) is -3.22. The van der Waals surface area contributed by atoms with E-state index >= 15 is 4.39 Å². The SMILES string of the molecule is CC[C@@]1(O)C(=O)OCc2c1cc1n(c2=O)Cc2cc3c(CCCCOCNC(=O)[C@H](C)CC(=O)[C@@H](NC(=O)[C@H](CCC(=O)NC[C@H](O)[C@@H](O)[C@H](O)[C@H](O)CO)CC(=O)CCCCCN4C(=O)C=CC4=O)C(C)C)c(C)c(F)cc3nc2-1. The van der Waals surface area contributed by atoms with Gasteiger partial charge >= 0.3 is 5.97 Å². The smallest absolute Gasteiger partial charge is 0.343 e. The van der Waals surface area contributed by atoms with Crippen LogP contribution in [0, 0.1) is 30.5 Å². The van der Waals surface area contributed by atoms with Gasteiger partial charge in [-0.05, 0) is 81.0 Å². The molecule has 2 aromatic heterocycles. The van der Waals surface area contributed by atoms with Crippen molar-refractivity contribution in [2.45, 2.75) is 161 Å².